The first-order chi connectivity index (χ1) is 6.83. The van der Waals surface area contributed by atoms with Gasteiger partial charge in [0.2, 0.25) is 0 Å². The Morgan fingerprint density at radius 1 is 0.529 bits per heavy atom. The zero-order chi connectivity index (χ0) is 11.1. The minimum absolute atomic E-state index is 0. The lowest BCUT2D eigenvalue weighted by Crippen LogP contribution is -1.72. The zero-order valence-corrected chi connectivity index (χ0v) is 16.2. The SMILES string of the molecule is CCCCC[CH2][Al].CCCCC[CH2][Al].Cl.Cl.Cl. The molecule has 0 N–H and O–H groups in total. The van der Waals surface area contributed by atoms with E-state index in [-0.39, 0.29) is 37.2 Å². The number of rotatable bonds is 8. The molecule has 0 rings (SSSR count). The molecule has 0 saturated carbocycles. The Labute approximate surface area is 145 Å². The van der Waals surface area contributed by atoms with Crippen LogP contribution in [0.15, 0.2) is 0 Å². The summed E-state index contributed by atoms with van der Waals surface area (Å²) in [5.74, 6) is 0. The first-order valence-electron chi connectivity index (χ1n) is 6.23. The van der Waals surface area contributed by atoms with E-state index in [1.807, 2.05) is 0 Å². The second-order valence-electron chi connectivity index (χ2n) is 3.70. The summed E-state index contributed by atoms with van der Waals surface area (Å²) < 4.78 is 0. The lowest BCUT2D eigenvalue weighted by Gasteiger charge is -1.91. The number of hydrogen-bond donors (Lipinski definition) is 0. The molecule has 0 unspecified atom stereocenters. The Balaban J connectivity index is -0.0000000480. The van der Waals surface area contributed by atoms with Crippen LogP contribution >= 0.6 is 37.2 Å². The Bertz CT molecular complexity index is 68.2. The molecule has 17 heavy (non-hydrogen) atoms. The molecule has 0 aliphatic carbocycles. The Kier molecular flexibility index (Phi) is 66.6. The first kappa shape index (κ1) is 31.4. The second kappa shape index (κ2) is 36.1. The molecule has 0 bridgehead atoms. The van der Waals surface area contributed by atoms with Crippen molar-refractivity contribution in [2.24, 2.45) is 0 Å². The van der Waals surface area contributed by atoms with Crippen molar-refractivity contribution in [2.45, 2.75) is 75.8 Å². The van der Waals surface area contributed by atoms with Crippen molar-refractivity contribution in [1.82, 2.24) is 0 Å². The van der Waals surface area contributed by atoms with Crippen LogP contribution in [0.5, 0.6) is 0 Å². The van der Waals surface area contributed by atoms with E-state index in [4.69, 9.17) is 0 Å². The van der Waals surface area contributed by atoms with Gasteiger partial charge in [0.1, 0.15) is 32.6 Å². The van der Waals surface area contributed by atoms with Crippen LogP contribution in [0, 0.1) is 0 Å². The van der Waals surface area contributed by atoms with Gasteiger partial charge in [-0.05, 0) is 0 Å². The fourth-order valence-electron chi connectivity index (χ4n) is 1.14. The largest absolute Gasteiger partial charge is 0.147 e. The van der Waals surface area contributed by atoms with E-state index in [1.165, 1.54) is 61.9 Å². The van der Waals surface area contributed by atoms with E-state index >= 15 is 0 Å². The molecule has 0 aromatic rings. The van der Waals surface area contributed by atoms with Gasteiger partial charge in [0, 0.05) is 0 Å². The molecule has 0 aliphatic heterocycles. The summed E-state index contributed by atoms with van der Waals surface area (Å²) >= 11 is 5.50. The van der Waals surface area contributed by atoms with Crippen molar-refractivity contribution in [3.05, 3.63) is 0 Å². The van der Waals surface area contributed by atoms with Crippen molar-refractivity contribution < 1.29 is 0 Å². The molecule has 0 heterocycles. The quantitative estimate of drug-likeness (QED) is 0.402. The molecule has 0 aromatic heterocycles. The van der Waals surface area contributed by atoms with Crippen LogP contribution in [0.25, 0.3) is 0 Å². The summed E-state index contributed by atoms with van der Waals surface area (Å²) in [7, 11) is 0. The maximum atomic E-state index is 2.75. The fraction of sp³-hybridized carbons (Fsp3) is 1.00. The van der Waals surface area contributed by atoms with Crippen LogP contribution in [-0.2, 0) is 0 Å². The third-order valence-corrected chi connectivity index (χ3v) is 2.93. The molecule has 104 valence electrons. The molecule has 0 saturated heterocycles. The summed E-state index contributed by atoms with van der Waals surface area (Å²) in [6.45, 7) is 4.48. The van der Waals surface area contributed by atoms with Crippen LogP contribution in [0.1, 0.15) is 65.2 Å². The topological polar surface area (TPSA) is 0 Å². The van der Waals surface area contributed by atoms with Gasteiger partial charge in [0.15, 0.2) is 0 Å². The standard InChI is InChI=1S/2C6H13.2Al.3ClH/c2*1-3-5-6-4-2;;;;;/h2*1,3-6H2,2H3;;;3*1H. The summed E-state index contributed by atoms with van der Waals surface area (Å²) in [4.78, 5) is 0. The van der Waals surface area contributed by atoms with Crippen molar-refractivity contribution >= 4 is 69.8 Å². The highest BCUT2D eigenvalue weighted by molar-refractivity contribution is 6.08. The van der Waals surface area contributed by atoms with E-state index in [0.717, 1.165) is 0 Å². The predicted octanol–water partition coefficient (Wildman–Crippen LogP) is 5.57. The number of unbranched alkanes of at least 4 members (excludes halogenated alkanes) is 6. The highest BCUT2D eigenvalue weighted by atomic mass is 35.5. The Morgan fingerprint density at radius 3 is 1.00 bits per heavy atom. The molecule has 0 amide bonds. The maximum absolute atomic E-state index is 2.75. The van der Waals surface area contributed by atoms with Gasteiger partial charge in [-0.25, -0.2) is 0 Å². The minimum Gasteiger partial charge on any atom is -0.147 e. The third kappa shape index (κ3) is 46.1. The first-order valence-corrected chi connectivity index (χ1v) is 7.86. The van der Waals surface area contributed by atoms with E-state index in [2.05, 4.69) is 46.4 Å². The molecule has 0 nitrogen and oxygen atoms in total. The van der Waals surface area contributed by atoms with Gasteiger partial charge in [0.25, 0.3) is 0 Å². The van der Waals surface area contributed by atoms with Crippen LogP contribution < -0.4 is 0 Å². The zero-order valence-electron chi connectivity index (χ0n) is 11.5. The van der Waals surface area contributed by atoms with Crippen LogP contribution in [0.3, 0.4) is 0 Å². The van der Waals surface area contributed by atoms with Gasteiger partial charge in [-0.1, -0.05) is 65.2 Å². The van der Waals surface area contributed by atoms with Crippen molar-refractivity contribution in [3.63, 3.8) is 0 Å². The maximum Gasteiger partial charge on any atom is 0.118 e. The lowest BCUT2D eigenvalue weighted by molar-refractivity contribution is 0.701. The van der Waals surface area contributed by atoms with Gasteiger partial charge in [-0.3, -0.25) is 0 Å². The highest BCUT2D eigenvalue weighted by Gasteiger charge is 1.80. The van der Waals surface area contributed by atoms with E-state index < -0.39 is 0 Å². The summed E-state index contributed by atoms with van der Waals surface area (Å²) in [5, 5.41) is 2.56. The Morgan fingerprint density at radius 2 is 0.824 bits per heavy atom. The molecular formula is C12H29Al2Cl3. The average molecular weight is 334 g/mol. The van der Waals surface area contributed by atoms with Gasteiger partial charge in [-0.2, -0.15) is 0 Å². The normalized spacial score (nSPS) is 7.65. The molecule has 0 aromatic carbocycles. The van der Waals surface area contributed by atoms with Crippen LogP contribution in [0.4, 0.5) is 0 Å². The Hall–Kier alpha value is 1.93. The van der Waals surface area contributed by atoms with Gasteiger partial charge in [0.05, 0.1) is 0 Å². The van der Waals surface area contributed by atoms with Crippen molar-refractivity contribution in [1.29, 1.82) is 0 Å². The molecule has 0 aliphatic rings. The van der Waals surface area contributed by atoms with Gasteiger partial charge >= 0.3 is 0 Å². The predicted molar refractivity (Wildman–Crippen MR) is 91.2 cm³/mol. The summed E-state index contributed by atoms with van der Waals surface area (Å²) in [6, 6.07) is 0. The van der Waals surface area contributed by atoms with Gasteiger partial charge < -0.3 is 0 Å². The minimum atomic E-state index is 0. The van der Waals surface area contributed by atoms with Crippen molar-refractivity contribution in [3.8, 4) is 0 Å². The molecular weight excluding hydrogens is 304 g/mol. The lowest BCUT2D eigenvalue weighted by atomic mass is 10.2. The van der Waals surface area contributed by atoms with Crippen LogP contribution in [0.2, 0.25) is 10.6 Å². The third-order valence-electron chi connectivity index (χ3n) is 2.12. The van der Waals surface area contributed by atoms with E-state index in [9.17, 15) is 0 Å². The second-order valence-corrected chi connectivity index (χ2v) is 4.85. The van der Waals surface area contributed by atoms with Crippen LogP contribution in [-0.4, -0.2) is 32.6 Å². The van der Waals surface area contributed by atoms with Crippen molar-refractivity contribution in [2.75, 3.05) is 0 Å². The monoisotopic (exact) mass is 332 g/mol. The van der Waals surface area contributed by atoms with Gasteiger partial charge in [-0.15, -0.1) is 47.8 Å². The summed E-state index contributed by atoms with van der Waals surface area (Å²) in [5.41, 5.74) is 0. The fourth-order valence-corrected chi connectivity index (χ4v) is 1.72. The molecule has 5 heteroatoms. The number of halogens is 3. The molecule has 0 fully saturated rings. The summed E-state index contributed by atoms with van der Waals surface area (Å²) in [6.07, 6.45) is 11.1. The molecule has 4 radical (unpaired) electrons. The highest BCUT2D eigenvalue weighted by Crippen LogP contribution is 2.00. The average Bonchev–Trinajstić information content (AvgIpc) is 2.21. The molecule has 0 atom stereocenters. The smallest absolute Gasteiger partial charge is 0.118 e. The number of hydrogen-bond acceptors (Lipinski definition) is 0. The van der Waals surface area contributed by atoms with E-state index in [1.54, 1.807) is 0 Å². The molecule has 0 spiro atoms. The van der Waals surface area contributed by atoms with E-state index in [0.29, 0.717) is 0 Å².